The predicted octanol–water partition coefficient (Wildman–Crippen LogP) is 1.90. The predicted molar refractivity (Wildman–Crippen MR) is 79.0 cm³/mol. The van der Waals surface area contributed by atoms with E-state index in [1.807, 2.05) is 38.1 Å². The summed E-state index contributed by atoms with van der Waals surface area (Å²) in [6.45, 7) is 4.82. The fourth-order valence-corrected chi connectivity index (χ4v) is 3.64. The largest absolute Gasteiger partial charge is 0.313 e. The number of para-hydroxylation sites is 1. The standard InChI is InChI=1S/C14H22N2O2S/c1-3-16(14-7-5-4-6-12(14)2)19(17,18)11-10-15-13-8-9-13/h4-7,13,15H,3,8-11H2,1-2H3. The van der Waals surface area contributed by atoms with Crippen LogP contribution in [0.15, 0.2) is 24.3 Å². The molecule has 0 amide bonds. The first-order valence-corrected chi connectivity index (χ1v) is 8.45. The number of rotatable bonds is 7. The summed E-state index contributed by atoms with van der Waals surface area (Å²) in [6, 6.07) is 8.15. The Kier molecular flexibility index (Phi) is 4.47. The second-order valence-electron chi connectivity index (χ2n) is 5.00. The lowest BCUT2D eigenvalue weighted by Gasteiger charge is -2.24. The fourth-order valence-electron chi connectivity index (χ4n) is 2.15. The highest BCUT2D eigenvalue weighted by molar-refractivity contribution is 7.92. The molecular weight excluding hydrogens is 260 g/mol. The minimum Gasteiger partial charge on any atom is -0.313 e. The number of aryl methyl sites for hydroxylation is 1. The summed E-state index contributed by atoms with van der Waals surface area (Å²) < 4.78 is 26.3. The van der Waals surface area contributed by atoms with E-state index < -0.39 is 10.0 Å². The van der Waals surface area contributed by atoms with Gasteiger partial charge >= 0.3 is 0 Å². The van der Waals surface area contributed by atoms with E-state index in [1.54, 1.807) is 0 Å². The van der Waals surface area contributed by atoms with Crippen molar-refractivity contribution in [3.05, 3.63) is 29.8 Å². The highest BCUT2D eigenvalue weighted by atomic mass is 32.2. The number of nitrogens with one attached hydrogen (secondary N) is 1. The van der Waals surface area contributed by atoms with Gasteiger partial charge in [-0.1, -0.05) is 18.2 Å². The first kappa shape index (κ1) is 14.3. The van der Waals surface area contributed by atoms with Crippen LogP contribution < -0.4 is 9.62 Å². The summed E-state index contributed by atoms with van der Waals surface area (Å²) in [5.41, 5.74) is 1.78. The van der Waals surface area contributed by atoms with Gasteiger partial charge in [-0.05, 0) is 38.3 Å². The molecule has 0 heterocycles. The molecule has 2 rings (SSSR count). The molecule has 1 aromatic rings. The topological polar surface area (TPSA) is 49.4 Å². The number of nitrogens with zero attached hydrogens (tertiary/aromatic N) is 1. The van der Waals surface area contributed by atoms with Gasteiger partial charge in [0.15, 0.2) is 0 Å². The molecule has 1 aliphatic carbocycles. The zero-order valence-corrected chi connectivity index (χ0v) is 12.4. The van der Waals surface area contributed by atoms with E-state index >= 15 is 0 Å². The van der Waals surface area contributed by atoms with Crippen LogP contribution in [0.25, 0.3) is 0 Å². The molecule has 1 saturated carbocycles. The van der Waals surface area contributed by atoms with Gasteiger partial charge in [-0.25, -0.2) is 8.42 Å². The van der Waals surface area contributed by atoms with Crippen molar-refractivity contribution < 1.29 is 8.42 Å². The molecule has 0 bridgehead atoms. The van der Waals surface area contributed by atoms with Crippen LogP contribution in [-0.4, -0.2) is 33.3 Å². The van der Waals surface area contributed by atoms with Gasteiger partial charge in [0.05, 0.1) is 11.4 Å². The van der Waals surface area contributed by atoms with Gasteiger partial charge in [-0.2, -0.15) is 0 Å². The average Bonchev–Trinajstić information content (AvgIpc) is 3.16. The van der Waals surface area contributed by atoms with E-state index in [0.29, 0.717) is 19.1 Å². The van der Waals surface area contributed by atoms with E-state index in [4.69, 9.17) is 0 Å². The third-order valence-electron chi connectivity index (χ3n) is 3.38. The van der Waals surface area contributed by atoms with Gasteiger partial charge in [0.1, 0.15) is 0 Å². The highest BCUT2D eigenvalue weighted by Gasteiger charge is 2.24. The lowest BCUT2D eigenvalue weighted by atomic mass is 10.2. The minimum atomic E-state index is -3.25. The Hall–Kier alpha value is -1.07. The molecule has 19 heavy (non-hydrogen) atoms. The Balaban J connectivity index is 2.08. The maximum absolute atomic E-state index is 12.4. The Labute approximate surface area is 115 Å². The number of hydrogen-bond acceptors (Lipinski definition) is 3. The molecule has 0 aromatic heterocycles. The van der Waals surface area contributed by atoms with Crippen molar-refractivity contribution in [1.29, 1.82) is 0 Å². The number of anilines is 1. The summed E-state index contributed by atoms with van der Waals surface area (Å²) in [5.74, 6) is 0.158. The molecule has 5 heteroatoms. The number of sulfonamides is 1. The van der Waals surface area contributed by atoms with Gasteiger partial charge in [-0.3, -0.25) is 4.31 Å². The molecule has 4 nitrogen and oxygen atoms in total. The summed E-state index contributed by atoms with van der Waals surface area (Å²) >= 11 is 0. The second kappa shape index (κ2) is 5.92. The van der Waals surface area contributed by atoms with Crippen molar-refractivity contribution in [3.8, 4) is 0 Å². The van der Waals surface area contributed by atoms with Gasteiger partial charge in [0.25, 0.3) is 0 Å². The summed E-state index contributed by atoms with van der Waals surface area (Å²) in [6.07, 6.45) is 2.35. The van der Waals surface area contributed by atoms with Crippen LogP contribution in [0.5, 0.6) is 0 Å². The van der Waals surface area contributed by atoms with Crippen LogP contribution in [0.3, 0.4) is 0 Å². The van der Waals surface area contributed by atoms with Crippen LogP contribution in [0.2, 0.25) is 0 Å². The lowest BCUT2D eigenvalue weighted by molar-refractivity contribution is 0.586. The molecular formula is C14H22N2O2S. The van der Waals surface area contributed by atoms with E-state index in [-0.39, 0.29) is 5.75 Å². The monoisotopic (exact) mass is 282 g/mol. The van der Waals surface area contributed by atoms with Gasteiger partial charge in [0.2, 0.25) is 10.0 Å². The zero-order valence-electron chi connectivity index (χ0n) is 11.6. The van der Waals surface area contributed by atoms with Crippen molar-refractivity contribution in [1.82, 2.24) is 5.32 Å². The van der Waals surface area contributed by atoms with Crippen molar-refractivity contribution >= 4 is 15.7 Å². The SMILES string of the molecule is CCN(c1ccccc1C)S(=O)(=O)CCNC1CC1. The second-order valence-corrected chi connectivity index (χ2v) is 7.01. The Morgan fingerprint density at radius 1 is 1.32 bits per heavy atom. The first-order valence-electron chi connectivity index (χ1n) is 6.84. The van der Waals surface area contributed by atoms with Crippen molar-refractivity contribution in [2.45, 2.75) is 32.7 Å². The van der Waals surface area contributed by atoms with Crippen molar-refractivity contribution in [2.24, 2.45) is 0 Å². The Morgan fingerprint density at radius 3 is 2.58 bits per heavy atom. The summed E-state index contributed by atoms with van der Waals surface area (Å²) in [4.78, 5) is 0. The molecule has 0 atom stereocenters. The molecule has 0 aliphatic heterocycles. The maximum Gasteiger partial charge on any atom is 0.236 e. The normalized spacial score (nSPS) is 15.5. The van der Waals surface area contributed by atoms with E-state index in [9.17, 15) is 8.42 Å². The average molecular weight is 282 g/mol. The van der Waals surface area contributed by atoms with Crippen LogP contribution >= 0.6 is 0 Å². The molecule has 0 spiro atoms. The first-order chi connectivity index (χ1) is 9.04. The van der Waals surface area contributed by atoms with Crippen LogP contribution in [0, 0.1) is 6.92 Å². The van der Waals surface area contributed by atoms with Crippen LogP contribution in [0.1, 0.15) is 25.3 Å². The van der Waals surface area contributed by atoms with Gasteiger partial charge < -0.3 is 5.32 Å². The van der Waals surface area contributed by atoms with Crippen molar-refractivity contribution in [3.63, 3.8) is 0 Å². The molecule has 0 radical (unpaired) electrons. The fraction of sp³-hybridized carbons (Fsp3) is 0.571. The third-order valence-corrected chi connectivity index (χ3v) is 5.22. The lowest BCUT2D eigenvalue weighted by Crippen LogP contribution is -2.37. The maximum atomic E-state index is 12.4. The van der Waals surface area contributed by atoms with Crippen LogP contribution in [0.4, 0.5) is 5.69 Å². The molecule has 1 aromatic carbocycles. The highest BCUT2D eigenvalue weighted by Crippen LogP contribution is 2.22. The van der Waals surface area contributed by atoms with E-state index in [2.05, 4.69) is 5.32 Å². The molecule has 0 unspecified atom stereocenters. The van der Waals surface area contributed by atoms with E-state index in [1.165, 1.54) is 17.1 Å². The van der Waals surface area contributed by atoms with E-state index in [0.717, 1.165) is 11.3 Å². The molecule has 0 saturated heterocycles. The quantitative estimate of drug-likeness (QED) is 0.831. The zero-order chi connectivity index (χ0) is 13.9. The molecule has 106 valence electrons. The Morgan fingerprint density at radius 2 is 2.00 bits per heavy atom. The van der Waals surface area contributed by atoms with Gasteiger partial charge in [0, 0.05) is 19.1 Å². The molecule has 1 fully saturated rings. The summed E-state index contributed by atoms with van der Waals surface area (Å²) in [7, 11) is -3.25. The smallest absolute Gasteiger partial charge is 0.236 e. The number of benzene rings is 1. The summed E-state index contributed by atoms with van der Waals surface area (Å²) in [5, 5.41) is 3.25. The number of hydrogen-bond donors (Lipinski definition) is 1. The van der Waals surface area contributed by atoms with Crippen LogP contribution in [-0.2, 0) is 10.0 Å². The molecule has 1 N–H and O–H groups in total. The third kappa shape index (κ3) is 3.70. The van der Waals surface area contributed by atoms with Crippen molar-refractivity contribution in [2.75, 3.05) is 23.1 Å². The molecule has 1 aliphatic rings. The minimum absolute atomic E-state index is 0.158. The Bertz CT molecular complexity index is 524. The van der Waals surface area contributed by atoms with Gasteiger partial charge in [-0.15, -0.1) is 0 Å².